The number of carbonyl (C=O) groups is 3. The fourth-order valence-corrected chi connectivity index (χ4v) is 5.04. The number of imidazole rings is 1. The normalized spacial score (nSPS) is 11.5. The number of aromatic nitrogens is 6. The van der Waals surface area contributed by atoms with Gasteiger partial charge in [-0.15, -0.1) is 20.3 Å². The maximum Gasteiger partial charge on any atom is 0.310 e. The molecule has 0 saturated heterocycles. The molecule has 0 fully saturated rings. The number of tetrazole rings is 1. The number of ether oxygens (including phenoxy) is 2. The zero-order valence-electron chi connectivity index (χ0n) is 26.0. The molecule has 0 aliphatic carbocycles. The number of halogens is 1. The lowest BCUT2D eigenvalue weighted by Crippen LogP contribution is -2.25. The molecular formula is C31H34ClN7O9. The minimum Gasteiger partial charge on any atom is -0.481 e. The van der Waals surface area contributed by atoms with Gasteiger partial charge in [-0.3, -0.25) is 14.4 Å². The van der Waals surface area contributed by atoms with Crippen LogP contribution in [0.15, 0.2) is 48.5 Å². The molecule has 2 N–H and O–H groups in total. The number of rotatable bonds is 19. The first-order chi connectivity index (χ1) is 23.2. The number of nitrogens with zero attached hydrogens (tertiary/aromatic N) is 6. The van der Waals surface area contributed by atoms with Crippen LogP contribution in [0, 0.1) is 16.0 Å². The number of nitrogens with one attached hydrogen (secondary N) is 1. The molecule has 4 rings (SSSR count). The highest BCUT2D eigenvalue weighted by molar-refractivity contribution is 6.30. The number of aryl methyl sites for hydroxylation is 1. The molecule has 0 aliphatic rings. The van der Waals surface area contributed by atoms with Crippen LogP contribution in [0.25, 0.3) is 22.5 Å². The van der Waals surface area contributed by atoms with Gasteiger partial charge in [0.2, 0.25) is 5.82 Å². The molecule has 0 amide bonds. The molecule has 1 unspecified atom stereocenters. The number of benzene rings is 2. The van der Waals surface area contributed by atoms with Gasteiger partial charge in [-0.1, -0.05) is 73.5 Å². The van der Waals surface area contributed by atoms with E-state index in [0.29, 0.717) is 24.5 Å². The van der Waals surface area contributed by atoms with E-state index >= 15 is 0 Å². The molecule has 0 radical (unpaired) electrons. The quantitative estimate of drug-likeness (QED) is 0.0606. The van der Waals surface area contributed by atoms with Gasteiger partial charge in [0.1, 0.15) is 25.0 Å². The summed E-state index contributed by atoms with van der Waals surface area (Å²) in [5.41, 5.74) is 4.11. The Hall–Kier alpha value is -5.38. The summed E-state index contributed by atoms with van der Waals surface area (Å²) in [4.78, 5) is 55.1. The van der Waals surface area contributed by atoms with Gasteiger partial charge in [0.05, 0.1) is 18.7 Å². The minimum absolute atomic E-state index is 0.00783. The summed E-state index contributed by atoms with van der Waals surface area (Å²) in [6.45, 7) is 1.31. The second-order valence-corrected chi connectivity index (χ2v) is 11.0. The monoisotopic (exact) mass is 683 g/mol. The fourth-order valence-electron chi connectivity index (χ4n) is 4.78. The van der Waals surface area contributed by atoms with E-state index in [1.807, 2.05) is 53.1 Å². The van der Waals surface area contributed by atoms with Crippen molar-refractivity contribution in [2.75, 3.05) is 13.2 Å². The van der Waals surface area contributed by atoms with Crippen molar-refractivity contribution in [3.05, 3.63) is 80.9 Å². The van der Waals surface area contributed by atoms with Crippen molar-refractivity contribution in [1.82, 2.24) is 30.2 Å². The summed E-state index contributed by atoms with van der Waals surface area (Å²) in [6.07, 6.45) is 1.66. The summed E-state index contributed by atoms with van der Waals surface area (Å²) in [6, 6.07) is 15.6. The van der Waals surface area contributed by atoms with E-state index in [0.717, 1.165) is 40.9 Å². The van der Waals surface area contributed by atoms with E-state index in [1.54, 1.807) is 0 Å². The lowest BCUT2D eigenvalue weighted by Gasteiger charge is -2.15. The van der Waals surface area contributed by atoms with Gasteiger partial charge in [-0.05, 0) is 34.7 Å². The van der Waals surface area contributed by atoms with Gasteiger partial charge in [0, 0.05) is 24.9 Å². The van der Waals surface area contributed by atoms with Crippen LogP contribution < -0.4 is 0 Å². The molecule has 2 heterocycles. The van der Waals surface area contributed by atoms with Crippen LogP contribution in [-0.2, 0) is 48.3 Å². The third-order valence-corrected chi connectivity index (χ3v) is 7.58. The molecule has 254 valence electrons. The largest absolute Gasteiger partial charge is 0.481 e. The van der Waals surface area contributed by atoms with Gasteiger partial charge in [-0.25, -0.2) is 4.98 Å². The van der Waals surface area contributed by atoms with Crippen LogP contribution in [0.3, 0.4) is 0 Å². The van der Waals surface area contributed by atoms with Crippen molar-refractivity contribution in [3.63, 3.8) is 0 Å². The number of carbonyl (C=O) groups excluding carboxylic acids is 2. The van der Waals surface area contributed by atoms with E-state index in [2.05, 4.69) is 37.4 Å². The highest BCUT2D eigenvalue weighted by Crippen LogP contribution is 2.30. The molecule has 0 saturated carbocycles. The summed E-state index contributed by atoms with van der Waals surface area (Å²) in [5, 5.41) is 33.3. The summed E-state index contributed by atoms with van der Waals surface area (Å²) < 4.78 is 12.3. The molecule has 1 atom stereocenters. The highest BCUT2D eigenvalue weighted by Gasteiger charge is 2.25. The zero-order valence-corrected chi connectivity index (χ0v) is 26.8. The molecule has 0 bridgehead atoms. The van der Waals surface area contributed by atoms with Crippen LogP contribution in [0.5, 0.6) is 0 Å². The molecule has 48 heavy (non-hydrogen) atoms. The first-order valence-electron chi connectivity index (χ1n) is 15.1. The fraction of sp³-hybridized carbons (Fsp3) is 0.387. The summed E-state index contributed by atoms with van der Waals surface area (Å²) in [5.74, 6) is -3.12. The van der Waals surface area contributed by atoms with Crippen LogP contribution in [0.2, 0.25) is 5.15 Å². The second-order valence-electron chi connectivity index (χ2n) is 10.7. The third-order valence-electron chi connectivity index (χ3n) is 7.28. The first kappa shape index (κ1) is 35.5. The Kier molecular flexibility index (Phi) is 12.9. The van der Waals surface area contributed by atoms with Crippen molar-refractivity contribution < 1.29 is 38.9 Å². The lowest BCUT2D eigenvalue weighted by atomic mass is 9.98. The maximum atomic E-state index is 12.7. The first-order valence-corrected chi connectivity index (χ1v) is 15.5. The molecule has 0 aliphatic heterocycles. The van der Waals surface area contributed by atoms with Crippen LogP contribution in [-0.4, -0.2) is 71.5 Å². The lowest BCUT2D eigenvalue weighted by molar-refractivity contribution is -0.757. The van der Waals surface area contributed by atoms with Gasteiger partial charge in [0.15, 0.2) is 5.15 Å². The number of carboxylic acids is 1. The van der Waals surface area contributed by atoms with Gasteiger partial charge in [-0.2, -0.15) is 5.21 Å². The van der Waals surface area contributed by atoms with E-state index in [1.165, 1.54) is 0 Å². The molecule has 2 aromatic heterocycles. The number of hydrogen-bond donors (Lipinski definition) is 2. The topological polar surface area (TPSA) is 215 Å². The smallest absolute Gasteiger partial charge is 0.310 e. The van der Waals surface area contributed by atoms with Crippen molar-refractivity contribution in [3.8, 4) is 22.5 Å². The highest BCUT2D eigenvalue weighted by atomic mass is 35.5. The maximum absolute atomic E-state index is 12.7. The zero-order chi connectivity index (χ0) is 34.5. The SMILES string of the molecule is CCCCc1nc(Cl)c(COC(=O)CC(COC(=O)CCCO[N+](=O)[O-])C(=O)O)n1Cc1ccc(-c2ccccc2-c2nn[nH]n2)cc1. The molecule has 16 nitrogen and oxygen atoms in total. The van der Waals surface area contributed by atoms with Gasteiger partial charge < -0.3 is 24.0 Å². The van der Waals surface area contributed by atoms with Crippen LogP contribution in [0.1, 0.15) is 56.1 Å². The molecule has 0 spiro atoms. The number of carboxylic acid groups (broad SMARTS) is 1. The Morgan fingerprint density at radius 2 is 1.81 bits per heavy atom. The Bertz CT molecular complexity index is 1690. The van der Waals surface area contributed by atoms with Gasteiger partial charge >= 0.3 is 17.9 Å². The van der Waals surface area contributed by atoms with Crippen molar-refractivity contribution in [1.29, 1.82) is 0 Å². The van der Waals surface area contributed by atoms with E-state index < -0.39 is 41.9 Å². The van der Waals surface area contributed by atoms with Crippen LogP contribution >= 0.6 is 11.6 Å². The van der Waals surface area contributed by atoms with E-state index in [4.69, 9.17) is 21.1 Å². The number of H-pyrrole nitrogens is 1. The number of esters is 2. The Balaban J connectivity index is 1.41. The number of unbranched alkanes of at least 4 members (excludes halogenated alkanes) is 1. The number of hydrogen-bond acceptors (Lipinski definition) is 12. The summed E-state index contributed by atoms with van der Waals surface area (Å²) >= 11 is 6.52. The van der Waals surface area contributed by atoms with Crippen molar-refractivity contribution >= 4 is 29.5 Å². The minimum atomic E-state index is -1.36. The Morgan fingerprint density at radius 1 is 1.06 bits per heavy atom. The average molecular weight is 684 g/mol. The Labute approximate surface area is 279 Å². The van der Waals surface area contributed by atoms with Crippen LogP contribution in [0.4, 0.5) is 0 Å². The predicted molar refractivity (Wildman–Crippen MR) is 169 cm³/mol. The average Bonchev–Trinajstić information content (AvgIpc) is 3.71. The van der Waals surface area contributed by atoms with E-state index in [-0.39, 0.29) is 31.2 Å². The molecule has 2 aromatic carbocycles. The van der Waals surface area contributed by atoms with Gasteiger partial charge in [0.25, 0.3) is 5.09 Å². The number of aliphatic carboxylic acids is 1. The molecule has 4 aromatic rings. The number of aromatic amines is 1. The Morgan fingerprint density at radius 3 is 2.48 bits per heavy atom. The van der Waals surface area contributed by atoms with Crippen molar-refractivity contribution in [2.45, 2.75) is 58.6 Å². The summed E-state index contributed by atoms with van der Waals surface area (Å²) in [7, 11) is 0. The second kappa shape index (κ2) is 17.5. The molecular weight excluding hydrogens is 650 g/mol. The predicted octanol–water partition coefficient (Wildman–Crippen LogP) is 4.44. The molecule has 17 heteroatoms. The van der Waals surface area contributed by atoms with E-state index in [9.17, 15) is 29.6 Å². The standard InChI is InChI=1S/C31H34ClN7O9/c1-2-3-9-26-33-29(32)25(19-47-28(41)16-22(31(42)43)18-46-27(40)10-6-15-48-39(44)45)38(26)17-20-11-13-21(14-12-20)23-7-4-5-8-24(23)30-34-36-37-35-30/h4-5,7-8,11-14,22H,2-3,6,9-10,15-19H2,1H3,(H,42,43)(H,34,35,36,37). The third kappa shape index (κ3) is 10.1. The van der Waals surface area contributed by atoms with Crippen molar-refractivity contribution in [2.24, 2.45) is 5.92 Å².